The zero-order chi connectivity index (χ0) is 33.3. The maximum Gasteiger partial charge on any atom is 0.343 e. The smallest absolute Gasteiger partial charge is 0.343 e. The van der Waals surface area contributed by atoms with Gasteiger partial charge >= 0.3 is 5.97 Å². The summed E-state index contributed by atoms with van der Waals surface area (Å²) in [6, 6.07) is 25.9. The molecule has 2 atom stereocenters. The predicted octanol–water partition coefficient (Wildman–Crippen LogP) is 10.5. The summed E-state index contributed by atoms with van der Waals surface area (Å²) in [6.45, 7) is 5.67. The van der Waals surface area contributed by atoms with Crippen molar-refractivity contribution in [2.24, 2.45) is 0 Å². The molecule has 47 heavy (non-hydrogen) atoms. The van der Waals surface area contributed by atoms with Crippen LogP contribution in [0.1, 0.15) is 55.5 Å². The molecule has 5 rings (SSSR count). The van der Waals surface area contributed by atoms with Crippen molar-refractivity contribution in [2.75, 3.05) is 0 Å². The van der Waals surface area contributed by atoms with Crippen molar-refractivity contribution < 1.29 is 37.3 Å². The molecule has 9 heteroatoms. The van der Waals surface area contributed by atoms with Crippen LogP contribution in [0.5, 0.6) is 28.7 Å². The highest BCUT2D eigenvalue weighted by atomic mass is 35.5. The van der Waals surface area contributed by atoms with Crippen molar-refractivity contribution in [1.82, 2.24) is 0 Å². The van der Waals surface area contributed by atoms with Gasteiger partial charge in [0.15, 0.2) is 34.6 Å². The number of carbonyl (C=O) groups excluding carboxylic acids is 1. The van der Waals surface area contributed by atoms with Crippen LogP contribution in [0.3, 0.4) is 0 Å². The van der Waals surface area contributed by atoms with Crippen LogP contribution in [0, 0.1) is 18.6 Å². The first-order valence-corrected chi connectivity index (χ1v) is 15.8. The van der Waals surface area contributed by atoms with Crippen molar-refractivity contribution in [1.29, 1.82) is 0 Å². The van der Waals surface area contributed by atoms with E-state index in [1.165, 1.54) is 24.3 Å². The molecular formula is C38H35ClF2O6. The number of ether oxygens (including phenoxy) is 5. The Morgan fingerprint density at radius 2 is 1.23 bits per heavy atom. The van der Waals surface area contributed by atoms with E-state index in [0.29, 0.717) is 52.6 Å². The van der Waals surface area contributed by atoms with Gasteiger partial charge in [-0.25, -0.2) is 13.6 Å². The molecule has 6 nitrogen and oxygen atoms in total. The second kappa shape index (κ2) is 15.6. The second-order valence-corrected chi connectivity index (χ2v) is 11.3. The summed E-state index contributed by atoms with van der Waals surface area (Å²) in [7, 11) is 0. The number of halogens is 3. The lowest BCUT2D eigenvalue weighted by atomic mass is 10.1. The third-order valence-corrected chi connectivity index (χ3v) is 7.52. The van der Waals surface area contributed by atoms with Crippen LogP contribution in [0.25, 0.3) is 10.8 Å². The zero-order valence-corrected chi connectivity index (χ0v) is 27.1. The van der Waals surface area contributed by atoms with E-state index in [-0.39, 0.29) is 28.7 Å². The molecule has 5 aromatic carbocycles. The average Bonchev–Trinajstić information content (AvgIpc) is 3.05. The summed E-state index contributed by atoms with van der Waals surface area (Å²) in [5.74, 6) is -1.58. The molecule has 0 bridgehead atoms. The molecule has 0 saturated carbocycles. The Morgan fingerprint density at radius 1 is 0.681 bits per heavy atom. The second-order valence-electron chi connectivity index (χ2n) is 10.9. The summed E-state index contributed by atoms with van der Waals surface area (Å²) in [5.41, 5.74) is 1.06. The minimum absolute atomic E-state index is 0.00901. The highest BCUT2D eigenvalue weighted by Crippen LogP contribution is 2.46. The Morgan fingerprint density at radius 3 is 1.83 bits per heavy atom. The van der Waals surface area contributed by atoms with Crippen molar-refractivity contribution >= 4 is 28.3 Å². The van der Waals surface area contributed by atoms with E-state index in [9.17, 15) is 13.6 Å². The zero-order valence-electron chi connectivity index (χ0n) is 26.3. The number of rotatable bonds is 14. The van der Waals surface area contributed by atoms with Gasteiger partial charge in [-0.15, -0.1) is 0 Å². The Balaban J connectivity index is 1.65. The van der Waals surface area contributed by atoms with Crippen molar-refractivity contribution in [3.05, 3.63) is 125 Å². The van der Waals surface area contributed by atoms with E-state index in [4.69, 9.17) is 35.3 Å². The molecule has 0 N–H and O–H groups in total. The number of hydrogen-bond acceptors (Lipinski definition) is 6. The summed E-state index contributed by atoms with van der Waals surface area (Å²) >= 11 is 6.44. The summed E-state index contributed by atoms with van der Waals surface area (Å²) < 4.78 is 60.3. The minimum atomic E-state index is -1.02. The lowest BCUT2D eigenvalue weighted by Crippen LogP contribution is -2.27. The summed E-state index contributed by atoms with van der Waals surface area (Å²) in [5, 5.41) is 1.47. The lowest BCUT2D eigenvalue weighted by Gasteiger charge is -2.26. The highest BCUT2D eigenvalue weighted by Gasteiger charge is 2.28. The van der Waals surface area contributed by atoms with Crippen LogP contribution in [-0.4, -0.2) is 18.5 Å². The molecular weight excluding hydrogens is 626 g/mol. The fourth-order valence-corrected chi connectivity index (χ4v) is 5.11. The van der Waals surface area contributed by atoms with Crippen LogP contribution >= 0.6 is 11.6 Å². The standard InChI is InChI=1S/C38H35ClF2O6/c1-4-12-34(43-31-18-10-8-16-29(31)40)45-33-22-25-20-21-26(39)23-28(25)36(47-38(42)27-15-7-6-14-24(27)3)37(33)46-35(13-5-2)44-32-19-11-9-17-30(32)41/h6-11,14-23,34-35H,4-5,12-13H2,1-3H3/t34-,35-/m1/s1. The Labute approximate surface area is 277 Å². The molecule has 244 valence electrons. The molecule has 0 aliphatic carbocycles. The van der Waals surface area contributed by atoms with E-state index in [1.54, 1.807) is 73.7 Å². The Hall–Kier alpha value is -4.82. The van der Waals surface area contributed by atoms with Crippen molar-refractivity contribution in [3.8, 4) is 28.7 Å². The van der Waals surface area contributed by atoms with Gasteiger partial charge in [-0.3, -0.25) is 0 Å². The molecule has 0 amide bonds. The van der Waals surface area contributed by atoms with Gasteiger partial charge in [0.1, 0.15) is 0 Å². The van der Waals surface area contributed by atoms with Gasteiger partial charge in [-0.1, -0.05) is 74.0 Å². The number of para-hydroxylation sites is 2. The van der Waals surface area contributed by atoms with Crippen molar-refractivity contribution in [2.45, 2.75) is 59.0 Å². The first kappa shape index (κ1) is 33.5. The minimum Gasteiger partial charge on any atom is -0.452 e. The number of fused-ring (bicyclic) bond motifs is 1. The van der Waals surface area contributed by atoms with E-state index in [0.717, 1.165) is 0 Å². The van der Waals surface area contributed by atoms with Gasteiger partial charge in [-0.2, -0.15) is 0 Å². The lowest BCUT2D eigenvalue weighted by molar-refractivity contribution is -0.0246. The number of carbonyl (C=O) groups is 1. The predicted molar refractivity (Wildman–Crippen MR) is 178 cm³/mol. The number of hydrogen-bond donors (Lipinski definition) is 0. The molecule has 0 aliphatic rings. The van der Waals surface area contributed by atoms with E-state index < -0.39 is 30.2 Å². The van der Waals surface area contributed by atoms with Crippen LogP contribution < -0.4 is 23.7 Å². The number of benzene rings is 5. The first-order valence-electron chi connectivity index (χ1n) is 15.5. The fourth-order valence-electron chi connectivity index (χ4n) is 4.93. The Kier molecular flexibility index (Phi) is 11.2. The van der Waals surface area contributed by atoms with E-state index in [2.05, 4.69) is 0 Å². The molecule has 0 spiro atoms. The first-order chi connectivity index (χ1) is 22.8. The maximum atomic E-state index is 14.7. The Bertz CT molecular complexity index is 1850. The molecule has 0 aliphatic heterocycles. The fraction of sp³-hybridized carbons (Fsp3) is 0.237. The van der Waals surface area contributed by atoms with Gasteiger partial charge < -0.3 is 23.7 Å². The number of esters is 1. The van der Waals surface area contributed by atoms with Crippen LogP contribution in [0.4, 0.5) is 8.78 Å². The average molecular weight is 661 g/mol. The SMILES string of the molecule is CCC[C@H](Oc1ccccc1F)Oc1cc2ccc(Cl)cc2c(OC(=O)c2ccccc2C)c1O[C@H](CCC)Oc1ccccc1F. The molecule has 0 radical (unpaired) electrons. The molecule has 0 saturated heterocycles. The van der Waals surface area contributed by atoms with Gasteiger partial charge in [-0.05, 0) is 79.2 Å². The molecule has 0 aromatic heterocycles. The van der Waals surface area contributed by atoms with Crippen LogP contribution in [-0.2, 0) is 0 Å². The topological polar surface area (TPSA) is 63.2 Å². The maximum absolute atomic E-state index is 14.7. The monoisotopic (exact) mass is 660 g/mol. The third kappa shape index (κ3) is 8.32. The van der Waals surface area contributed by atoms with Crippen molar-refractivity contribution in [3.63, 3.8) is 0 Å². The third-order valence-electron chi connectivity index (χ3n) is 7.28. The van der Waals surface area contributed by atoms with Gasteiger partial charge in [0.2, 0.25) is 18.3 Å². The largest absolute Gasteiger partial charge is 0.452 e. The van der Waals surface area contributed by atoms with E-state index in [1.807, 2.05) is 19.9 Å². The summed E-state index contributed by atoms with van der Waals surface area (Å²) in [4.78, 5) is 13.7. The molecule has 0 fully saturated rings. The van der Waals surface area contributed by atoms with Gasteiger partial charge in [0.25, 0.3) is 0 Å². The molecule has 5 aromatic rings. The number of aryl methyl sites for hydroxylation is 1. The normalized spacial score (nSPS) is 12.3. The molecule has 0 unspecified atom stereocenters. The molecule has 0 heterocycles. The van der Waals surface area contributed by atoms with Gasteiger partial charge in [0, 0.05) is 23.3 Å². The van der Waals surface area contributed by atoms with E-state index >= 15 is 0 Å². The quantitative estimate of drug-likeness (QED) is 0.0671. The van der Waals surface area contributed by atoms with Crippen LogP contribution in [0.2, 0.25) is 5.02 Å². The summed E-state index contributed by atoms with van der Waals surface area (Å²) in [6.07, 6.45) is 0.000520. The van der Waals surface area contributed by atoms with Gasteiger partial charge in [0.05, 0.1) is 5.56 Å². The van der Waals surface area contributed by atoms with Crippen LogP contribution in [0.15, 0.2) is 97.1 Å². The highest BCUT2D eigenvalue weighted by molar-refractivity contribution is 6.31.